The minimum absolute atomic E-state index is 0.0178. The third kappa shape index (κ3) is 7.59. The maximum Gasteiger partial charge on any atom is 0.410 e. The van der Waals surface area contributed by atoms with Gasteiger partial charge in [0.1, 0.15) is 22.7 Å². The predicted octanol–water partition coefficient (Wildman–Crippen LogP) is 2.75. The van der Waals surface area contributed by atoms with E-state index in [2.05, 4.69) is 10.1 Å². The molecule has 0 aromatic heterocycles. The van der Waals surface area contributed by atoms with E-state index >= 15 is 0 Å². The van der Waals surface area contributed by atoms with Gasteiger partial charge in [0.25, 0.3) is 5.91 Å². The first-order valence-electron chi connectivity index (χ1n) is 9.06. The largest absolute Gasteiger partial charge is 0.477 e. The third-order valence-corrected chi connectivity index (χ3v) is 3.70. The molecule has 0 fully saturated rings. The highest BCUT2D eigenvalue weighted by atomic mass is 19.1. The average Bonchev–Trinajstić information content (AvgIpc) is 2.60. The Morgan fingerprint density at radius 2 is 1.76 bits per heavy atom. The molecular weight excluding hydrogens is 383 g/mol. The Balaban J connectivity index is 2.71. The number of halogens is 1. The number of hydrogen-bond donors (Lipinski definition) is 1. The van der Waals surface area contributed by atoms with Gasteiger partial charge < -0.3 is 24.4 Å². The summed E-state index contributed by atoms with van der Waals surface area (Å²) >= 11 is 0. The first-order valence-corrected chi connectivity index (χ1v) is 9.06. The van der Waals surface area contributed by atoms with Crippen molar-refractivity contribution < 1.29 is 33.0 Å². The highest BCUT2D eigenvalue weighted by molar-refractivity contribution is 5.93. The highest BCUT2D eigenvalue weighted by Crippen LogP contribution is 2.25. The fourth-order valence-electron chi connectivity index (χ4n) is 2.16. The van der Waals surface area contributed by atoms with Crippen LogP contribution in [0.5, 0.6) is 5.75 Å². The number of benzene rings is 1. The summed E-state index contributed by atoms with van der Waals surface area (Å²) in [7, 11) is 2.72. The van der Waals surface area contributed by atoms with Gasteiger partial charge in [-0.2, -0.15) is 0 Å². The second-order valence-corrected chi connectivity index (χ2v) is 7.90. The van der Waals surface area contributed by atoms with Gasteiger partial charge in [-0.1, -0.05) is 0 Å². The lowest BCUT2D eigenvalue weighted by Gasteiger charge is -2.27. The summed E-state index contributed by atoms with van der Waals surface area (Å²) in [4.78, 5) is 37.6. The number of nitrogens with zero attached hydrogens (tertiary/aromatic N) is 1. The van der Waals surface area contributed by atoms with E-state index in [1.165, 1.54) is 24.8 Å². The Bertz CT molecular complexity index is 758. The van der Waals surface area contributed by atoms with Crippen LogP contribution in [0.3, 0.4) is 0 Å². The number of hydrogen-bond acceptors (Lipinski definition) is 6. The number of ether oxygens (including phenoxy) is 3. The standard InChI is InChI=1S/C20H29FN2O6/c1-19(2,3)29-18(26)23(6)11-10-22-17(25)20(4,5)28-15-9-8-13(21)12-14(15)16(24)27-7/h8-9,12H,10-11H2,1-7H3,(H,22,25). The lowest BCUT2D eigenvalue weighted by molar-refractivity contribution is -0.134. The van der Waals surface area contributed by atoms with Crippen LogP contribution in [0.4, 0.5) is 9.18 Å². The molecule has 8 nitrogen and oxygen atoms in total. The molecule has 0 spiro atoms. The van der Waals surface area contributed by atoms with E-state index in [-0.39, 0.29) is 24.4 Å². The van der Waals surface area contributed by atoms with Crippen molar-refractivity contribution in [2.75, 3.05) is 27.2 Å². The van der Waals surface area contributed by atoms with E-state index in [4.69, 9.17) is 9.47 Å². The van der Waals surface area contributed by atoms with E-state index in [0.29, 0.717) is 0 Å². The van der Waals surface area contributed by atoms with Gasteiger partial charge in [0.15, 0.2) is 5.60 Å². The molecule has 0 saturated heterocycles. The van der Waals surface area contributed by atoms with Gasteiger partial charge >= 0.3 is 12.1 Å². The van der Waals surface area contributed by atoms with Crippen molar-refractivity contribution in [1.29, 1.82) is 0 Å². The lowest BCUT2D eigenvalue weighted by Crippen LogP contribution is -2.49. The molecule has 0 radical (unpaired) electrons. The highest BCUT2D eigenvalue weighted by Gasteiger charge is 2.31. The Labute approximate surface area is 170 Å². The van der Waals surface area contributed by atoms with Crippen molar-refractivity contribution in [2.24, 2.45) is 0 Å². The summed E-state index contributed by atoms with van der Waals surface area (Å²) in [5.41, 5.74) is -2.11. The van der Waals surface area contributed by atoms with E-state index < -0.39 is 35.0 Å². The summed E-state index contributed by atoms with van der Waals surface area (Å²) < 4.78 is 29.0. The fraction of sp³-hybridized carbons (Fsp3) is 0.550. The van der Waals surface area contributed by atoms with Crippen LogP contribution in [0, 0.1) is 5.82 Å². The summed E-state index contributed by atoms with van der Waals surface area (Å²) in [6.45, 7) is 8.68. The number of carbonyl (C=O) groups is 3. The Morgan fingerprint density at radius 3 is 2.31 bits per heavy atom. The van der Waals surface area contributed by atoms with E-state index in [1.807, 2.05) is 0 Å². The van der Waals surface area contributed by atoms with Gasteiger partial charge in [-0.15, -0.1) is 0 Å². The van der Waals surface area contributed by atoms with Gasteiger partial charge in [0.2, 0.25) is 0 Å². The zero-order chi connectivity index (χ0) is 22.4. The quantitative estimate of drug-likeness (QED) is 0.692. The normalized spacial score (nSPS) is 11.4. The Hall–Kier alpha value is -2.84. The molecule has 0 aliphatic carbocycles. The molecule has 1 aromatic rings. The van der Waals surface area contributed by atoms with Crippen LogP contribution in [0.15, 0.2) is 18.2 Å². The number of likely N-dealkylation sites (N-methyl/N-ethyl adjacent to an activating group) is 1. The molecule has 0 bridgehead atoms. The van der Waals surface area contributed by atoms with Gasteiger partial charge in [-0.05, 0) is 52.8 Å². The maximum atomic E-state index is 13.5. The molecule has 0 saturated carbocycles. The van der Waals surface area contributed by atoms with Crippen LogP contribution in [-0.4, -0.2) is 61.3 Å². The number of carbonyl (C=O) groups excluding carboxylic acids is 3. The lowest BCUT2D eigenvalue weighted by atomic mass is 10.1. The van der Waals surface area contributed by atoms with Crippen LogP contribution in [0.1, 0.15) is 45.0 Å². The molecule has 29 heavy (non-hydrogen) atoms. The topological polar surface area (TPSA) is 94.2 Å². The molecule has 1 N–H and O–H groups in total. The third-order valence-electron chi connectivity index (χ3n) is 3.70. The summed E-state index contributed by atoms with van der Waals surface area (Å²) in [5, 5.41) is 2.66. The fourth-order valence-corrected chi connectivity index (χ4v) is 2.16. The van der Waals surface area contributed by atoms with Crippen LogP contribution in [0.2, 0.25) is 0 Å². The second kappa shape index (κ2) is 9.58. The van der Waals surface area contributed by atoms with Crippen molar-refractivity contribution >= 4 is 18.0 Å². The van der Waals surface area contributed by atoms with E-state index in [9.17, 15) is 18.8 Å². The molecular formula is C20H29FN2O6. The molecule has 0 heterocycles. The zero-order valence-corrected chi connectivity index (χ0v) is 17.9. The minimum atomic E-state index is -1.37. The molecule has 0 atom stereocenters. The first kappa shape index (κ1) is 24.2. The minimum Gasteiger partial charge on any atom is -0.477 e. The molecule has 162 valence electrons. The SMILES string of the molecule is COC(=O)c1cc(F)ccc1OC(C)(C)C(=O)NCCN(C)C(=O)OC(C)(C)C. The maximum absolute atomic E-state index is 13.5. The Kier molecular flexibility index (Phi) is 7.99. The van der Waals surface area contributed by atoms with E-state index in [0.717, 1.165) is 19.2 Å². The molecule has 2 amide bonds. The van der Waals surface area contributed by atoms with Crippen molar-refractivity contribution in [2.45, 2.75) is 45.8 Å². The zero-order valence-electron chi connectivity index (χ0n) is 17.9. The van der Waals surface area contributed by atoms with Gasteiger partial charge in [0, 0.05) is 20.1 Å². The van der Waals surface area contributed by atoms with Crippen molar-refractivity contribution in [1.82, 2.24) is 10.2 Å². The second-order valence-electron chi connectivity index (χ2n) is 7.90. The van der Waals surface area contributed by atoms with E-state index in [1.54, 1.807) is 27.8 Å². The van der Waals surface area contributed by atoms with Gasteiger partial charge in [-0.3, -0.25) is 4.79 Å². The number of amides is 2. The van der Waals surface area contributed by atoms with Crippen LogP contribution >= 0.6 is 0 Å². The van der Waals surface area contributed by atoms with Gasteiger partial charge in [0.05, 0.1) is 7.11 Å². The van der Waals surface area contributed by atoms with Crippen molar-refractivity contribution in [3.63, 3.8) is 0 Å². The predicted molar refractivity (Wildman–Crippen MR) is 104 cm³/mol. The molecule has 0 aliphatic rings. The number of methoxy groups -OCH3 is 1. The van der Waals surface area contributed by atoms with Crippen molar-refractivity contribution in [3.8, 4) is 5.75 Å². The summed E-state index contributed by atoms with van der Waals surface area (Å²) in [6, 6.07) is 3.35. The monoisotopic (exact) mass is 412 g/mol. The van der Waals surface area contributed by atoms with Crippen LogP contribution < -0.4 is 10.1 Å². The molecule has 1 rings (SSSR count). The number of rotatable bonds is 7. The van der Waals surface area contributed by atoms with Crippen LogP contribution in [0.25, 0.3) is 0 Å². The first-order chi connectivity index (χ1) is 13.3. The van der Waals surface area contributed by atoms with Crippen molar-refractivity contribution in [3.05, 3.63) is 29.6 Å². The van der Waals surface area contributed by atoms with Crippen LogP contribution in [-0.2, 0) is 14.3 Å². The summed E-state index contributed by atoms with van der Waals surface area (Å²) in [5.74, 6) is -1.88. The molecule has 0 unspecified atom stereocenters. The average molecular weight is 412 g/mol. The number of esters is 1. The Morgan fingerprint density at radius 1 is 1.14 bits per heavy atom. The molecule has 1 aromatic carbocycles. The number of nitrogens with one attached hydrogen (secondary N) is 1. The molecule has 0 aliphatic heterocycles. The smallest absolute Gasteiger partial charge is 0.410 e. The summed E-state index contributed by atoms with van der Waals surface area (Å²) in [6.07, 6.45) is -0.503. The molecule has 9 heteroatoms. The van der Waals surface area contributed by atoms with Gasteiger partial charge in [-0.25, -0.2) is 14.0 Å².